The van der Waals surface area contributed by atoms with Crippen LogP contribution < -0.4 is 41.9 Å². The third kappa shape index (κ3) is 4.59. The normalized spacial score (nSPS) is 9.43. The molecule has 0 spiro atoms. The average molecular weight is 385 g/mol. The van der Waals surface area contributed by atoms with Crippen molar-refractivity contribution in [1.82, 2.24) is 6.15 Å². The third-order valence-corrected chi connectivity index (χ3v) is 3.69. The first-order valence-electron chi connectivity index (χ1n) is 6.85. The van der Waals surface area contributed by atoms with E-state index in [2.05, 4.69) is 36.7 Å². The number of ether oxygens (including phenoxy) is 3. The molecular weight excluding hydrogens is 360 g/mol. The van der Waals surface area contributed by atoms with Crippen LogP contribution in [0.3, 0.4) is 0 Å². The molecule has 0 atom stereocenters. The van der Waals surface area contributed by atoms with Gasteiger partial charge in [0.15, 0.2) is 29.9 Å². The Morgan fingerprint density at radius 2 is 1.52 bits per heavy atom. The van der Waals surface area contributed by atoms with Gasteiger partial charge < -0.3 is 37.3 Å². The number of aryl methyl sites for hydroxylation is 1. The fourth-order valence-electron chi connectivity index (χ4n) is 2.34. The van der Waals surface area contributed by atoms with Crippen molar-refractivity contribution in [3.8, 4) is 17.2 Å². The predicted octanol–water partition coefficient (Wildman–Crippen LogP) is -0.169. The van der Waals surface area contributed by atoms with E-state index in [0.29, 0.717) is 17.2 Å². The Balaban J connectivity index is 0.00000242. The maximum Gasteiger partial charge on any atom is 0.203 e. The highest BCUT2D eigenvalue weighted by Gasteiger charge is 2.16. The Morgan fingerprint density at radius 1 is 0.957 bits per heavy atom. The zero-order valence-corrected chi connectivity index (χ0v) is 15.9. The first-order chi connectivity index (χ1) is 10.1. The summed E-state index contributed by atoms with van der Waals surface area (Å²) in [6.07, 6.45) is 2.07. The van der Waals surface area contributed by atoms with E-state index in [4.69, 9.17) is 14.2 Å². The Kier molecular flexibility index (Phi) is 8.64. The van der Waals surface area contributed by atoms with Gasteiger partial charge in [0.1, 0.15) is 0 Å². The van der Waals surface area contributed by atoms with Crippen molar-refractivity contribution in [2.75, 3.05) is 21.3 Å². The van der Waals surface area contributed by atoms with Crippen molar-refractivity contribution in [3.05, 3.63) is 47.3 Å². The van der Waals surface area contributed by atoms with E-state index in [-0.39, 0.29) is 23.1 Å². The van der Waals surface area contributed by atoms with E-state index >= 15 is 0 Å². The molecule has 1 aromatic heterocycles. The maximum atomic E-state index is 5.40. The molecule has 2 rings (SSSR count). The first-order valence-corrected chi connectivity index (χ1v) is 6.85. The zero-order chi connectivity index (χ0) is 15.4. The molecule has 1 heterocycles. The Hall–Kier alpha value is -1.79. The van der Waals surface area contributed by atoms with Gasteiger partial charge >= 0.3 is 0 Å². The van der Waals surface area contributed by atoms with Gasteiger partial charge in [-0.3, -0.25) is 0 Å². The highest BCUT2D eigenvalue weighted by atomic mass is 79.9. The summed E-state index contributed by atoms with van der Waals surface area (Å²) in [4.78, 5) is 0. The summed E-state index contributed by atoms with van der Waals surface area (Å²) >= 11 is 0. The summed E-state index contributed by atoms with van der Waals surface area (Å²) in [5, 5.41) is 0. The minimum atomic E-state index is 0. The molecule has 0 fully saturated rings. The van der Waals surface area contributed by atoms with Gasteiger partial charge in [0.25, 0.3) is 0 Å². The van der Waals surface area contributed by atoms with Gasteiger partial charge in [0.2, 0.25) is 5.75 Å². The Labute approximate surface area is 148 Å². The van der Waals surface area contributed by atoms with Crippen LogP contribution in [0.2, 0.25) is 0 Å². The van der Waals surface area contributed by atoms with Crippen LogP contribution >= 0.6 is 0 Å². The number of nitrogens with zero attached hydrogens (tertiary/aromatic N) is 1. The molecule has 0 saturated heterocycles. The van der Waals surface area contributed by atoms with Crippen molar-refractivity contribution in [2.24, 2.45) is 0 Å². The van der Waals surface area contributed by atoms with Gasteiger partial charge in [0, 0.05) is 24.1 Å². The van der Waals surface area contributed by atoms with Crippen LogP contribution in [-0.2, 0) is 6.54 Å². The number of benzene rings is 1. The molecule has 0 radical (unpaired) electrons. The fourth-order valence-corrected chi connectivity index (χ4v) is 2.34. The summed E-state index contributed by atoms with van der Waals surface area (Å²) in [5.41, 5.74) is 3.61. The number of aromatic nitrogens is 1. The van der Waals surface area contributed by atoms with E-state index < -0.39 is 0 Å². The number of methoxy groups -OCH3 is 3. The third-order valence-electron chi connectivity index (χ3n) is 3.69. The zero-order valence-electron chi connectivity index (χ0n) is 14.4. The topological polar surface area (TPSA) is 66.6 Å². The average Bonchev–Trinajstić information content (AvgIpc) is 2.50. The van der Waals surface area contributed by atoms with Gasteiger partial charge in [-0.2, -0.15) is 4.57 Å². The summed E-state index contributed by atoms with van der Waals surface area (Å²) in [7, 11) is 4.87. The quantitative estimate of drug-likeness (QED) is 0.726. The van der Waals surface area contributed by atoms with Gasteiger partial charge in [0.05, 0.1) is 21.3 Å². The van der Waals surface area contributed by atoms with Gasteiger partial charge in [-0.05, 0) is 25.1 Å². The summed E-state index contributed by atoms with van der Waals surface area (Å²) in [5.74, 6) is 1.98. The molecule has 128 valence electrons. The number of pyridine rings is 1. The molecule has 0 bridgehead atoms. The van der Waals surface area contributed by atoms with Crippen molar-refractivity contribution < 1.29 is 35.8 Å². The summed E-state index contributed by atoms with van der Waals surface area (Å²) in [6.45, 7) is 4.98. The Morgan fingerprint density at radius 3 is 2.00 bits per heavy atom. The van der Waals surface area contributed by atoms with Gasteiger partial charge in [-0.1, -0.05) is 0 Å². The second kappa shape index (κ2) is 9.37. The van der Waals surface area contributed by atoms with E-state index in [1.54, 1.807) is 21.3 Å². The molecule has 1 aromatic carbocycles. The van der Waals surface area contributed by atoms with Crippen molar-refractivity contribution in [3.63, 3.8) is 0 Å². The first kappa shape index (κ1) is 21.2. The molecule has 0 unspecified atom stereocenters. The number of hydrogen-bond donors (Lipinski definition) is 1. The van der Waals surface area contributed by atoms with Crippen LogP contribution in [0.1, 0.15) is 16.8 Å². The molecule has 0 aliphatic rings. The lowest BCUT2D eigenvalue weighted by atomic mass is 10.1. The molecular formula is C17H25BrN2O3. The summed E-state index contributed by atoms with van der Waals surface area (Å²) < 4.78 is 18.3. The standard InChI is InChI=1S/C17H22NO3.BrH.H3N/c1-12-7-6-8-18(13(12)2)11-14-9-15(19-3)17(21-5)16(10-14)20-4;;/h6-10H,11H2,1-5H3;1H;1H3/q+1;;/p-1. The minimum absolute atomic E-state index is 0. The Bertz CT molecular complexity index is 623. The van der Waals surface area contributed by atoms with Crippen molar-refractivity contribution in [2.45, 2.75) is 20.4 Å². The number of hydrogen-bond acceptors (Lipinski definition) is 4. The lowest BCUT2D eigenvalue weighted by molar-refractivity contribution is -0.694. The van der Waals surface area contributed by atoms with Crippen molar-refractivity contribution in [1.29, 1.82) is 0 Å². The lowest BCUT2D eigenvalue weighted by Gasteiger charge is -2.13. The number of halogens is 1. The van der Waals surface area contributed by atoms with Gasteiger partial charge in [-0.25, -0.2) is 0 Å². The second-order valence-corrected chi connectivity index (χ2v) is 4.94. The predicted molar refractivity (Wildman–Crippen MR) is 86.3 cm³/mol. The van der Waals surface area contributed by atoms with Crippen molar-refractivity contribution >= 4 is 0 Å². The highest BCUT2D eigenvalue weighted by molar-refractivity contribution is 5.53. The summed E-state index contributed by atoms with van der Waals surface area (Å²) in [6, 6.07) is 8.13. The molecule has 23 heavy (non-hydrogen) atoms. The van der Waals surface area contributed by atoms with Crippen LogP contribution in [0, 0.1) is 13.8 Å². The maximum absolute atomic E-state index is 5.40. The van der Waals surface area contributed by atoms with E-state index in [1.165, 1.54) is 11.3 Å². The molecule has 5 nitrogen and oxygen atoms in total. The monoisotopic (exact) mass is 384 g/mol. The van der Waals surface area contributed by atoms with Crippen LogP contribution in [0.15, 0.2) is 30.5 Å². The smallest absolute Gasteiger partial charge is 0.203 e. The highest BCUT2D eigenvalue weighted by Crippen LogP contribution is 2.38. The van der Waals surface area contributed by atoms with E-state index in [1.807, 2.05) is 12.1 Å². The SMILES string of the molecule is COc1cc(C[n+]2cccc(C)c2C)cc(OC)c1OC.N.[Br-]. The number of rotatable bonds is 5. The molecule has 0 aliphatic carbocycles. The molecule has 6 heteroatoms. The van der Waals surface area contributed by atoms with Crippen LogP contribution in [0.4, 0.5) is 0 Å². The molecule has 2 aromatic rings. The minimum Gasteiger partial charge on any atom is -1.00 e. The van der Waals surface area contributed by atoms with Crippen LogP contribution in [0.25, 0.3) is 0 Å². The van der Waals surface area contributed by atoms with E-state index in [9.17, 15) is 0 Å². The molecule has 0 saturated carbocycles. The fraction of sp³-hybridized carbons (Fsp3) is 0.353. The molecule has 3 N–H and O–H groups in total. The van der Waals surface area contributed by atoms with E-state index in [0.717, 1.165) is 12.1 Å². The lowest BCUT2D eigenvalue weighted by Crippen LogP contribution is -3.00. The van der Waals surface area contributed by atoms with Crippen LogP contribution in [-0.4, -0.2) is 21.3 Å². The van der Waals surface area contributed by atoms with Gasteiger partial charge in [-0.15, -0.1) is 0 Å². The largest absolute Gasteiger partial charge is 1.00 e. The second-order valence-electron chi connectivity index (χ2n) is 4.94. The van der Waals surface area contributed by atoms with Crippen LogP contribution in [0.5, 0.6) is 17.2 Å². The molecule has 0 aliphatic heterocycles. The molecule has 0 amide bonds.